The normalized spacial score (nSPS) is 14.1. The van der Waals surface area contributed by atoms with Crippen LogP contribution >= 0.6 is 7.82 Å². The van der Waals surface area contributed by atoms with E-state index < -0.39 is 26.6 Å². The zero-order chi connectivity index (χ0) is 55.0. The highest BCUT2D eigenvalue weighted by Crippen LogP contribution is 2.38. The van der Waals surface area contributed by atoms with E-state index in [4.69, 9.17) is 13.8 Å². The third-order valence-electron chi connectivity index (χ3n) is 13.9. The van der Waals surface area contributed by atoms with E-state index in [1.165, 1.54) is 173 Å². The number of amides is 1. The molecule has 1 N–H and O–H groups in total. The van der Waals surface area contributed by atoms with Gasteiger partial charge in [0.15, 0.2) is 0 Å². The lowest BCUT2D eigenvalue weighted by atomic mass is 10.0. The van der Waals surface area contributed by atoms with Crippen molar-refractivity contribution in [1.82, 2.24) is 5.32 Å². The van der Waals surface area contributed by atoms with Gasteiger partial charge in [-0.25, -0.2) is 0 Å². The Balaban J connectivity index is 5.08. The molecule has 0 saturated carbocycles. The molecule has 0 heterocycles. The summed E-state index contributed by atoms with van der Waals surface area (Å²) in [5.74, 6) is -0.557. The Morgan fingerprint density at radius 3 is 1.27 bits per heavy atom. The molecule has 0 spiro atoms. The standard InChI is InChI=1S/C65H121N2O7P/c1-7-10-13-16-19-22-25-27-28-29-30-31-32-33-34-35-36-37-38-40-42-45-48-51-54-57-64(68)66-62(61-73-75(70,71)72-60-59-67(4,5)6)63(56-53-50-47-44-41-24-21-18-15-12-9-3)74-65(69)58-55-52-49-46-43-39-26-23-20-17-14-11-8-2/h19,22,27-28,30-31,39,43,53,56,62-63H,7-18,20-21,23-26,29,32-38,40-42,44-52,54-55,57-61H2,1-6H3,(H-,66,68,70,71)/b22-19-,28-27-,31-30-,43-39-,56-53-. The summed E-state index contributed by atoms with van der Waals surface area (Å²) in [6.07, 6.45) is 69.1. The molecule has 10 heteroatoms. The third-order valence-corrected chi connectivity index (χ3v) is 14.9. The quantitative estimate of drug-likeness (QED) is 0.0212. The number of carbonyl (C=O) groups is 2. The maximum absolute atomic E-state index is 13.5. The molecule has 3 unspecified atom stereocenters. The first-order valence-corrected chi connectivity index (χ1v) is 33.1. The maximum Gasteiger partial charge on any atom is 0.306 e. The lowest BCUT2D eigenvalue weighted by molar-refractivity contribution is -0.870. The molecule has 1 amide bonds. The molecule has 0 radical (unpaired) electrons. The van der Waals surface area contributed by atoms with E-state index >= 15 is 0 Å². The number of carbonyl (C=O) groups excluding carboxylic acids is 2. The monoisotopic (exact) mass is 1070 g/mol. The predicted octanol–water partition coefficient (Wildman–Crippen LogP) is 18.8. The summed E-state index contributed by atoms with van der Waals surface area (Å²) in [7, 11) is 1.18. The number of hydrogen-bond acceptors (Lipinski definition) is 7. The Hall–Kier alpha value is -2.29. The second-order valence-corrected chi connectivity index (χ2v) is 24.0. The molecule has 0 aliphatic carbocycles. The van der Waals surface area contributed by atoms with Crippen molar-refractivity contribution >= 4 is 19.7 Å². The van der Waals surface area contributed by atoms with Gasteiger partial charge in [-0.1, -0.05) is 242 Å². The van der Waals surface area contributed by atoms with Crippen LogP contribution in [0.1, 0.15) is 290 Å². The van der Waals surface area contributed by atoms with E-state index in [0.29, 0.717) is 23.9 Å². The molecule has 438 valence electrons. The second kappa shape index (κ2) is 55.0. The van der Waals surface area contributed by atoms with Crippen LogP contribution in [0.3, 0.4) is 0 Å². The molecule has 0 aromatic heterocycles. The highest BCUT2D eigenvalue weighted by Gasteiger charge is 2.27. The molecular weight excluding hydrogens is 952 g/mol. The van der Waals surface area contributed by atoms with E-state index in [1.807, 2.05) is 33.3 Å². The lowest BCUT2D eigenvalue weighted by Crippen LogP contribution is -2.47. The zero-order valence-corrected chi connectivity index (χ0v) is 50.9. The molecule has 0 aromatic rings. The van der Waals surface area contributed by atoms with E-state index in [9.17, 15) is 19.0 Å². The SMILES string of the molecule is CCCCC/C=C\C/C=C\C/C=C\CCCCCCCCCCCCCCC(=O)NC(COP(=O)([O-])OCC[N+](C)(C)C)C(/C=C\CCCCCCCCCCC)OC(=O)CCCCC/C=C\CCCCCCCC. The van der Waals surface area contributed by atoms with Gasteiger partial charge in [0, 0.05) is 12.8 Å². The van der Waals surface area contributed by atoms with Gasteiger partial charge in [-0.05, 0) is 96.0 Å². The number of nitrogens with zero attached hydrogens (tertiary/aromatic N) is 1. The number of phosphoric acid groups is 1. The number of allylic oxidation sites excluding steroid dienone is 9. The van der Waals surface area contributed by atoms with Crippen LogP contribution in [0, 0.1) is 0 Å². The number of esters is 1. The molecule has 3 atom stereocenters. The number of nitrogens with one attached hydrogen (secondary N) is 1. The molecular formula is C65H121N2O7P. The van der Waals surface area contributed by atoms with Gasteiger partial charge in [0.05, 0.1) is 33.8 Å². The van der Waals surface area contributed by atoms with Gasteiger partial charge in [0.2, 0.25) is 5.91 Å². The minimum Gasteiger partial charge on any atom is -0.756 e. The minimum atomic E-state index is -4.70. The van der Waals surface area contributed by atoms with E-state index in [2.05, 4.69) is 74.7 Å². The van der Waals surface area contributed by atoms with E-state index in [0.717, 1.165) is 77.0 Å². The van der Waals surface area contributed by atoms with Crippen LogP contribution in [0.4, 0.5) is 0 Å². The first-order chi connectivity index (χ1) is 36.4. The molecule has 0 rings (SSSR count). The number of hydrogen-bond donors (Lipinski definition) is 1. The van der Waals surface area contributed by atoms with Crippen molar-refractivity contribution in [3.63, 3.8) is 0 Å². The van der Waals surface area contributed by atoms with E-state index in [-0.39, 0.29) is 24.9 Å². The summed E-state index contributed by atoms with van der Waals surface area (Å²) >= 11 is 0. The topological polar surface area (TPSA) is 114 Å². The van der Waals surface area contributed by atoms with Gasteiger partial charge in [-0.15, -0.1) is 0 Å². The zero-order valence-electron chi connectivity index (χ0n) is 50.0. The van der Waals surface area contributed by atoms with Crippen LogP contribution in [0.15, 0.2) is 60.8 Å². The van der Waals surface area contributed by atoms with Crippen molar-refractivity contribution < 1.29 is 37.3 Å². The van der Waals surface area contributed by atoms with Crippen molar-refractivity contribution in [3.05, 3.63) is 60.8 Å². The Morgan fingerprint density at radius 1 is 0.467 bits per heavy atom. The highest BCUT2D eigenvalue weighted by atomic mass is 31.2. The summed E-state index contributed by atoms with van der Waals surface area (Å²) in [5.41, 5.74) is 0. The highest BCUT2D eigenvalue weighted by molar-refractivity contribution is 7.45. The van der Waals surface area contributed by atoms with Crippen molar-refractivity contribution in [3.8, 4) is 0 Å². The average molecular weight is 1070 g/mol. The molecule has 0 aromatic carbocycles. The number of phosphoric ester groups is 1. The molecule has 0 fully saturated rings. The molecule has 0 aliphatic heterocycles. The van der Waals surface area contributed by atoms with Gasteiger partial charge in [0.1, 0.15) is 19.3 Å². The number of unbranched alkanes of at least 4 members (excludes halogenated alkanes) is 33. The van der Waals surface area contributed by atoms with Crippen molar-refractivity contribution in [2.75, 3.05) is 40.9 Å². The summed E-state index contributed by atoms with van der Waals surface area (Å²) in [6.45, 7) is 6.80. The fourth-order valence-corrected chi connectivity index (χ4v) is 9.72. The number of likely N-dealkylation sites (N-methyl/N-ethyl adjacent to an activating group) is 1. The van der Waals surface area contributed by atoms with Crippen molar-refractivity contribution in [2.24, 2.45) is 0 Å². The van der Waals surface area contributed by atoms with Gasteiger partial charge in [-0.3, -0.25) is 14.2 Å². The van der Waals surface area contributed by atoms with E-state index in [1.54, 1.807) is 0 Å². The van der Waals surface area contributed by atoms with Gasteiger partial charge >= 0.3 is 5.97 Å². The smallest absolute Gasteiger partial charge is 0.306 e. The second-order valence-electron chi connectivity index (χ2n) is 22.6. The van der Waals surface area contributed by atoms with Gasteiger partial charge in [-0.2, -0.15) is 0 Å². The predicted molar refractivity (Wildman–Crippen MR) is 321 cm³/mol. The first-order valence-electron chi connectivity index (χ1n) is 31.6. The summed E-state index contributed by atoms with van der Waals surface area (Å²) in [5, 5.41) is 3.02. The van der Waals surface area contributed by atoms with Crippen LogP contribution in [-0.2, 0) is 27.9 Å². The third kappa shape index (κ3) is 56.2. The maximum atomic E-state index is 13.5. The van der Waals surface area contributed by atoms with Crippen LogP contribution in [0.25, 0.3) is 0 Å². The Morgan fingerprint density at radius 2 is 0.813 bits per heavy atom. The summed E-state index contributed by atoms with van der Waals surface area (Å²) < 4.78 is 30.3. The molecule has 75 heavy (non-hydrogen) atoms. The molecule has 0 saturated heterocycles. The van der Waals surface area contributed by atoms with Crippen LogP contribution in [0.2, 0.25) is 0 Å². The Labute approximate surface area is 464 Å². The molecule has 0 bridgehead atoms. The average Bonchev–Trinajstić information content (AvgIpc) is 3.37. The van der Waals surface area contributed by atoms with Gasteiger partial charge in [0.25, 0.3) is 7.82 Å². The first kappa shape index (κ1) is 72.7. The van der Waals surface area contributed by atoms with Crippen LogP contribution < -0.4 is 10.2 Å². The van der Waals surface area contributed by atoms with Gasteiger partial charge < -0.3 is 28.5 Å². The van der Waals surface area contributed by atoms with Crippen molar-refractivity contribution in [2.45, 2.75) is 303 Å². The lowest BCUT2D eigenvalue weighted by Gasteiger charge is -2.30. The minimum absolute atomic E-state index is 0.0254. The summed E-state index contributed by atoms with van der Waals surface area (Å²) in [6, 6.07) is -0.895. The van der Waals surface area contributed by atoms with Crippen molar-refractivity contribution in [1.29, 1.82) is 0 Å². The fourth-order valence-electron chi connectivity index (χ4n) is 8.99. The Kier molecular flexibility index (Phi) is 53.4. The number of quaternary nitrogens is 1. The summed E-state index contributed by atoms with van der Waals surface area (Å²) in [4.78, 5) is 39.9. The van der Waals surface area contributed by atoms with Crippen LogP contribution in [-0.4, -0.2) is 69.4 Å². The molecule has 9 nitrogen and oxygen atoms in total. The largest absolute Gasteiger partial charge is 0.756 e. The molecule has 0 aliphatic rings. The Bertz CT molecular complexity index is 1470. The van der Waals surface area contributed by atoms with Crippen LogP contribution in [0.5, 0.6) is 0 Å². The number of ether oxygens (including phenoxy) is 1. The number of rotatable bonds is 57. The fraction of sp³-hybridized carbons (Fsp3) is 0.815.